The molecule has 0 aliphatic heterocycles. The minimum absolute atomic E-state index is 0.0230. The van der Waals surface area contributed by atoms with Crippen molar-refractivity contribution < 1.29 is 14.6 Å². The van der Waals surface area contributed by atoms with Gasteiger partial charge in [-0.05, 0) is 55.9 Å². The Bertz CT molecular complexity index is 200. The van der Waals surface area contributed by atoms with Gasteiger partial charge < -0.3 is 14.6 Å². The van der Waals surface area contributed by atoms with Gasteiger partial charge in [-0.2, -0.15) is 0 Å². The van der Waals surface area contributed by atoms with Gasteiger partial charge in [0.25, 0.3) is 0 Å². The highest BCUT2D eigenvalue weighted by Gasteiger charge is 2.44. The molecule has 0 aliphatic rings. The van der Waals surface area contributed by atoms with Crippen molar-refractivity contribution in [1.29, 1.82) is 0 Å². The van der Waals surface area contributed by atoms with E-state index in [1.54, 1.807) is 38.0 Å². The van der Waals surface area contributed by atoms with E-state index < -0.39 is 12.1 Å². The highest BCUT2D eigenvalue weighted by Crippen LogP contribution is 2.23. The van der Waals surface area contributed by atoms with Gasteiger partial charge in [-0.1, -0.05) is 0 Å². The van der Waals surface area contributed by atoms with Crippen molar-refractivity contribution in [3.05, 3.63) is 0 Å². The quantitative estimate of drug-likeness (QED) is 0.679. The Labute approximate surface area is 105 Å². The number of likely N-dealkylation sites (N-methyl/N-ethyl adjacent to an activating group) is 2. The first-order valence-corrected chi connectivity index (χ1v) is 6.00. The summed E-state index contributed by atoms with van der Waals surface area (Å²) in [5.41, 5.74) is 0. The van der Waals surface area contributed by atoms with Crippen molar-refractivity contribution in [3.63, 3.8) is 0 Å². The topological polar surface area (TPSA) is 45.2 Å². The maximum atomic E-state index is 10.7. The molecule has 0 atom stereocenters. The van der Waals surface area contributed by atoms with Crippen LogP contribution >= 0.6 is 0 Å². The van der Waals surface area contributed by atoms with E-state index in [0.717, 1.165) is 0 Å². The normalized spacial score (nSPS) is 13.8. The average Bonchev–Trinajstić information content (AvgIpc) is 2.13. The highest BCUT2D eigenvalue weighted by molar-refractivity contribution is 4.78. The lowest BCUT2D eigenvalue weighted by atomic mass is 10.3. The first kappa shape index (κ1) is 16.8. The number of rotatable bonds is 7. The lowest BCUT2D eigenvalue weighted by molar-refractivity contribution is -0.343. The van der Waals surface area contributed by atoms with Gasteiger partial charge in [0.2, 0.25) is 12.1 Å². The van der Waals surface area contributed by atoms with Crippen LogP contribution in [0.2, 0.25) is 0 Å². The summed E-state index contributed by atoms with van der Waals surface area (Å²) in [6, 6.07) is 0. The van der Waals surface area contributed by atoms with Gasteiger partial charge in [0, 0.05) is 0 Å². The molecule has 0 saturated heterocycles. The monoisotopic (exact) mass is 248 g/mol. The summed E-state index contributed by atoms with van der Waals surface area (Å²) in [5.74, 6) is -1.30. The number of nitrogens with zero attached hydrogens (tertiary/aromatic N) is 2. The third-order valence-electron chi connectivity index (χ3n) is 2.42. The van der Waals surface area contributed by atoms with Crippen LogP contribution in [0.1, 0.15) is 27.7 Å². The summed E-state index contributed by atoms with van der Waals surface area (Å²) < 4.78 is 11.4. The van der Waals surface area contributed by atoms with E-state index in [0.29, 0.717) is 0 Å². The molecule has 0 spiro atoms. The fourth-order valence-electron chi connectivity index (χ4n) is 1.53. The van der Waals surface area contributed by atoms with Gasteiger partial charge in [0.05, 0.1) is 12.2 Å². The maximum absolute atomic E-state index is 10.7. The molecule has 5 nitrogen and oxygen atoms in total. The summed E-state index contributed by atoms with van der Waals surface area (Å²) in [4.78, 5) is 3.37. The Morgan fingerprint density at radius 3 is 1.29 bits per heavy atom. The molecule has 0 rings (SSSR count). The van der Waals surface area contributed by atoms with Crippen LogP contribution in [0, 0.1) is 0 Å². The predicted molar refractivity (Wildman–Crippen MR) is 68.6 cm³/mol. The summed E-state index contributed by atoms with van der Waals surface area (Å²) in [6.07, 6.45) is -0.775. The van der Waals surface area contributed by atoms with Crippen molar-refractivity contribution in [2.75, 3.05) is 28.2 Å². The molecule has 0 aromatic carbocycles. The van der Waals surface area contributed by atoms with E-state index in [2.05, 4.69) is 0 Å². The van der Waals surface area contributed by atoms with Crippen LogP contribution in [0.3, 0.4) is 0 Å². The van der Waals surface area contributed by atoms with Gasteiger partial charge in [-0.3, -0.25) is 9.80 Å². The fraction of sp³-hybridized carbons (Fsp3) is 1.00. The van der Waals surface area contributed by atoms with E-state index in [-0.39, 0.29) is 12.2 Å². The summed E-state index contributed by atoms with van der Waals surface area (Å²) >= 11 is 0. The second kappa shape index (κ2) is 6.66. The molecule has 0 fully saturated rings. The average molecular weight is 248 g/mol. The van der Waals surface area contributed by atoms with Crippen molar-refractivity contribution in [3.8, 4) is 0 Å². The maximum Gasteiger partial charge on any atom is 0.229 e. The summed E-state index contributed by atoms with van der Waals surface area (Å²) in [7, 11) is 7.17. The molecule has 0 unspecified atom stereocenters. The molecule has 1 N–H and O–H groups in total. The van der Waals surface area contributed by atoms with Crippen LogP contribution < -0.4 is 0 Å². The van der Waals surface area contributed by atoms with Crippen LogP contribution in [-0.4, -0.2) is 67.4 Å². The Hall–Kier alpha value is -0.200. The fourth-order valence-corrected chi connectivity index (χ4v) is 1.53. The van der Waals surface area contributed by atoms with Gasteiger partial charge in [-0.25, -0.2) is 0 Å². The van der Waals surface area contributed by atoms with Gasteiger partial charge >= 0.3 is 0 Å². The largest absolute Gasteiger partial charge is 0.359 e. The standard InChI is InChI=1S/C12H28N2O3/c1-9(2)16-11(17-10(3)4)12(15,13(5)6)14(7)8/h9-11,15H,1-8H3. The lowest BCUT2D eigenvalue weighted by Gasteiger charge is -2.45. The molecule has 104 valence electrons. The zero-order valence-electron chi connectivity index (χ0n) is 12.4. The van der Waals surface area contributed by atoms with E-state index in [4.69, 9.17) is 9.47 Å². The second-order valence-electron chi connectivity index (χ2n) is 5.18. The molecule has 0 aromatic heterocycles. The highest BCUT2D eigenvalue weighted by atomic mass is 16.7. The van der Waals surface area contributed by atoms with E-state index >= 15 is 0 Å². The molecular formula is C12H28N2O3. The van der Waals surface area contributed by atoms with Crippen molar-refractivity contribution in [2.24, 2.45) is 0 Å². The number of hydrogen-bond acceptors (Lipinski definition) is 5. The molecule has 5 heteroatoms. The molecule has 0 radical (unpaired) electrons. The Balaban J connectivity index is 5.07. The van der Waals surface area contributed by atoms with Crippen LogP contribution in [0.4, 0.5) is 0 Å². The van der Waals surface area contributed by atoms with Gasteiger partial charge in [-0.15, -0.1) is 0 Å². The lowest BCUT2D eigenvalue weighted by Crippen LogP contribution is -2.65. The minimum Gasteiger partial charge on any atom is -0.359 e. The van der Waals surface area contributed by atoms with Gasteiger partial charge in [0.15, 0.2) is 0 Å². The summed E-state index contributed by atoms with van der Waals surface area (Å²) in [6.45, 7) is 7.68. The van der Waals surface area contributed by atoms with Crippen LogP contribution in [-0.2, 0) is 9.47 Å². The molecule has 0 amide bonds. The first-order chi connectivity index (χ1) is 7.62. The van der Waals surface area contributed by atoms with Gasteiger partial charge in [0.1, 0.15) is 0 Å². The van der Waals surface area contributed by atoms with Crippen LogP contribution in [0.25, 0.3) is 0 Å². The minimum atomic E-state index is -1.30. The second-order valence-corrected chi connectivity index (χ2v) is 5.18. The molecule has 0 bridgehead atoms. The number of aliphatic hydroxyl groups is 1. The third-order valence-corrected chi connectivity index (χ3v) is 2.42. The van der Waals surface area contributed by atoms with Crippen LogP contribution in [0.15, 0.2) is 0 Å². The van der Waals surface area contributed by atoms with Crippen LogP contribution in [0.5, 0.6) is 0 Å². The van der Waals surface area contributed by atoms with E-state index in [9.17, 15) is 5.11 Å². The van der Waals surface area contributed by atoms with E-state index in [1.165, 1.54) is 0 Å². The van der Waals surface area contributed by atoms with Crippen molar-refractivity contribution in [2.45, 2.75) is 52.0 Å². The smallest absolute Gasteiger partial charge is 0.229 e. The van der Waals surface area contributed by atoms with Crippen molar-refractivity contribution in [1.82, 2.24) is 9.80 Å². The predicted octanol–water partition coefficient (Wildman–Crippen LogP) is 0.932. The first-order valence-electron chi connectivity index (χ1n) is 6.00. The molecule has 0 aromatic rings. The van der Waals surface area contributed by atoms with E-state index in [1.807, 2.05) is 27.7 Å². The zero-order valence-corrected chi connectivity index (χ0v) is 12.4. The molecule has 0 aliphatic carbocycles. The number of ether oxygens (including phenoxy) is 2. The molecular weight excluding hydrogens is 220 g/mol. The Kier molecular flexibility index (Phi) is 6.58. The van der Waals surface area contributed by atoms with Crippen molar-refractivity contribution >= 4 is 0 Å². The molecule has 0 saturated carbocycles. The third kappa shape index (κ3) is 4.52. The summed E-state index contributed by atoms with van der Waals surface area (Å²) in [5, 5.41) is 10.7. The number of hydrogen-bond donors (Lipinski definition) is 1. The Morgan fingerprint density at radius 1 is 0.824 bits per heavy atom. The molecule has 0 heterocycles. The molecule has 17 heavy (non-hydrogen) atoms. The SMILES string of the molecule is CC(C)OC(OC(C)C)C(O)(N(C)C)N(C)C. The zero-order chi connectivity index (χ0) is 13.8. The Morgan fingerprint density at radius 2 is 1.12 bits per heavy atom.